The van der Waals surface area contributed by atoms with E-state index in [-0.39, 0.29) is 5.91 Å². The lowest BCUT2D eigenvalue weighted by Crippen LogP contribution is -2.27. The summed E-state index contributed by atoms with van der Waals surface area (Å²) < 4.78 is 6.75. The second-order valence-electron chi connectivity index (χ2n) is 4.93. The van der Waals surface area contributed by atoms with Crippen LogP contribution in [0.2, 0.25) is 0 Å². The van der Waals surface area contributed by atoms with Crippen LogP contribution in [0, 0.1) is 0 Å². The Morgan fingerprint density at radius 3 is 2.44 bits per heavy atom. The zero-order chi connectivity index (χ0) is 13.9. The van der Waals surface area contributed by atoms with Crippen LogP contribution in [0.5, 0.6) is 0 Å². The van der Waals surface area contributed by atoms with Gasteiger partial charge in [0.2, 0.25) is 0 Å². The van der Waals surface area contributed by atoms with Gasteiger partial charge in [0.25, 0.3) is 5.91 Å². The second-order valence-corrected chi connectivity index (χ2v) is 4.93. The summed E-state index contributed by atoms with van der Waals surface area (Å²) in [5, 5.41) is 5.10. The third-order valence-electron chi connectivity index (χ3n) is 2.11. The maximum Gasteiger partial charge on any atom is 0.412 e. The molecule has 0 unspecified atom stereocenters. The summed E-state index contributed by atoms with van der Waals surface area (Å²) in [7, 11) is 3.28. The Kier molecular flexibility index (Phi) is 4.00. The predicted octanol–water partition coefficient (Wildman–Crippen LogP) is 1.73. The molecule has 0 saturated heterocycles. The van der Waals surface area contributed by atoms with E-state index in [2.05, 4.69) is 10.6 Å². The number of aromatic nitrogens is 1. The zero-order valence-electron chi connectivity index (χ0n) is 11.3. The van der Waals surface area contributed by atoms with Gasteiger partial charge in [-0.25, -0.2) is 4.79 Å². The molecule has 2 N–H and O–H groups in total. The van der Waals surface area contributed by atoms with Gasteiger partial charge in [-0.05, 0) is 26.8 Å². The first-order chi connectivity index (χ1) is 8.23. The molecule has 0 aromatic carbocycles. The Labute approximate surface area is 106 Å². The Bertz CT molecular complexity index is 458. The molecule has 1 heterocycles. The summed E-state index contributed by atoms with van der Waals surface area (Å²) in [4.78, 5) is 23.0. The van der Waals surface area contributed by atoms with Crippen molar-refractivity contribution in [3.63, 3.8) is 0 Å². The van der Waals surface area contributed by atoms with Gasteiger partial charge in [-0.15, -0.1) is 0 Å². The van der Waals surface area contributed by atoms with E-state index < -0.39 is 11.7 Å². The smallest absolute Gasteiger partial charge is 0.412 e. The molecule has 0 spiro atoms. The molecule has 0 atom stereocenters. The summed E-state index contributed by atoms with van der Waals surface area (Å²) in [5.41, 5.74) is 0.427. The number of carbonyl (C=O) groups is 2. The van der Waals surface area contributed by atoms with Crippen LogP contribution in [0.15, 0.2) is 12.3 Å². The number of amides is 2. The van der Waals surface area contributed by atoms with Gasteiger partial charge in [-0.1, -0.05) is 0 Å². The van der Waals surface area contributed by atoms with Gasteiger partial charge in [0.05, 0.1) is 5.69 Å². The molecule has 0 aliphatic heterocycles. The van der Waals surface area contributed by atoms with E-state index in [1.54, 1.807) is 51.7 Å². The molecule has 0 radical (unpaired) electrons. The highest BCUT2D eigenvalue weighted by Crippen LogP contribution is 2.15. The van der Waals surface area contributed by atoms with Crippen molar-refractivity contribution < 1.29 is 14.3 Å². The maximum absolute atomic E-state index is 11.5. The summed E-state index contributed by atoms with van der Waals surface area (Å²) >= 11 is 0. The SMILES string of the molecule is CNC(=O)c1cc(NC(=O)OC(C)(C)C)cn1C. The van der Waals surface area contributed by atoms with Crippen LogP contribution >= 0.6 is 0 Å². The van der Waals surface area contributed by atoms with Crippen LogP contribution in [-0.4, -0.2) is 29.2 Å². The number of hydrogen-bond acceptors (Lipinski definition) is 3. The molecule has 0 fully saturated rings. The van der Waals surface area contributed by atoms with Crippen molar-refractivity contribution in [3.8, 4) is 0 Å². The molecule has 1 aromatic heterocycles. The van der Waals surface area contributed by atoms with E-state index in [1.807, 2.05) is 0 Å². The molecule has 0 bridgehead atoms. The Balaban J connectivity index is 2.75. The molecule has 6 heteroatoms. The highest BCUT2D eigenvalue weighted by molar-refractivity contribution is 5.95. The van der Waals surface area contributed by atoms with E-state index in [0.29, 0.717) is 11.4 Å². The van der Waals surface area contributed by atoms with Gasteiger partial charge in [0, 0.05) is 20.3 Å². The summed E-state index contributed by atoms with van der Waals surface area (Å²) in [6, 6.07) is 1.59. The number of nitrogens with zero attached hydrogens (tertiary/aromatic N) is 1. The van der Waals surface area contributed by atoms with Crippen LogP contribution < -0.4 is 10.6 Å². The largest absolute Gasteiger partial charge is 0.444 e. The first kappa shape index (κ1) is 14.1. The summed E-state index contributed by atoms with van der Waals surface area (Å²) in [5.74, 6) is -0.213. The van der Waals surface area contributed by atoms with E-state index in [9.17, 15) is 9.59 Å². The molecule has 2 amide bonds. The lowest BCUT2D eigenvalue weighted by atomic mass is 10.2. The van der Waals surface area contributed by atoms with Crippen molar-refractivity contribution in [1.29, 1.82) is 0 Å². The number of anilines is 1. The minimum absolute atomic E-state index is 0.213. The number of nitrogens with one attached hydrogen (secondary N) is 2. The Morgan fingerprint density at radius 2 is 1.94 bits per heavy atom. The van der Waals surface area contributed by atoms with Gasteiger partial charge in [-0.2, -0.15) is 0 Å². The minimum Gasteiger partial charge on any atom is -0.444 e. The van der Waals surface area contributed by atoms with Crippen LogP contribution in [0.4, 0.5) is 10.5 Å². The van der Waals surface area contributed by atoms with Crippen molar-refractivity contribution >= 4 is 17.7 Å². The first-order valence-electron chi connectivity index (χ1n) is 5.61. The molecule has 100 valence electrons. The van der Waals surface area contributed by atoms with Gasteiger partial charge in [0.1, 0.15) is 11.3 Å². The van der Waals surface area contributed by atoms with Crippen LogP contribution in [0.1, 0.15) is 31.3 Å². The van der Waals surface area contributed by atoms with Gasteiger partial charge >= 0.3 is 6.09 Å². The number of carbonyl (C=O) groups excluding carboxylic acids is 2. The number of hydrogen-bond donors (Lipinski definition) is 2. The molecular formula is C12H19N3O3. The third-order valence-corrected chi connectivity index (χ3v) is 2.11. The van der Waals surface area contributed by atoms with Crippen molar-refractivity contribution in [1.82, 2.24) is 9.88 Å². The molecule has 0 saturated carbocycles. The highest BCUT2D eigenvalue weighted by Gasteiger charge is 2.17. The van der Waals surface area contributed by atoms with Crippen LogP contribution in [0.3, 0.4) is 0 Å². The number of aryl methyl sites for hydroxylation is 1. The highest BCUT2D eigenvalue weighted by atomic mass is 16.6. The monoisotopic (exact) mass is 253 g/mol. The summed E-state index contributed by atoms with van der Waals surface area (Å²) in [6.45, 7) is 5.36. The average Bonchev–Trinajstić information content (AvgIpc) is 2.55. The van der Waals surface area contributed by atoms with Gasteiger partial charge in [-0.3, -0.25) is 10.1 Å². The fourth-order valence-corrected chi connectivity index (χ4v) is 1.41. The van der Waals surface area contributed by atoms with E-state index in [1.165, 1.54) is 0 Å². The Hall–Kier alpha value is -1.98. The normalized spacial score (nSPS) is 10.9. The van der Waals surface area contributed by atoms with E-state index in [4.69, 9.17) is 4.74 Å². The molecular weight excluding hydrogens is 234 g/mol. The molecule has 1 aromatic rings. The van der Waals surface area contributed by atoms with Gasteiger partial charge in [0.15, 0.2) is 0 Å². The van der Waals surface area contributed by atoms with Crippen molar-refractivity contribution in [3.05, 3.63) is 18.0 Å². The molecule has 18 heavy (non-hydrogen) atoms. The lowest BCUT2D eigenvalue weighted by Gasteiger charge is -2.19. The summed E-state index contributed by atoms with van der Waals surface area (Å²) in [6.07, 6.45) is 1.10. The average molecular weight is 253 g/mol. The molecule has 0 aliphatic rings. The molecule has 1 rings (SSSR count). The van der Waals surface area contributed by atoms with E-state index in [0.717, 1.165) is 0 Å². The van der Waals surface area contributed by atoms with Crippen LogP contribution in [0.25, 0.3) is 0 Å². The maximum atomic E-state index is 11.5. The Morgan fingerprint density at radius 1 is 1.33 bits per heavy atom. The standard InChI is InChI=1S/C12H19N3O3/c1-12(2,3)18-11(17)14-8-6-9(10(16)13-4)15(5)7-8/h6-7H,1-5H3,(H,13,16)(H,14,17). The third kappa shape index (κ3) is 3.80. The lowest BCUT2D eigenvalue weighted by molar-refractivity contribution is 0.0635. The minimum atomic E-state index is -0.553. The molecule has 0 aliphatic carbocycles. The predicted molar refractivity (Wildman–Crippen MR) is 68.7 cm³/mol. The quantitative estimate of drug-likeness (QED) is 0.843. The number of rotatable bonds is 2. The first-order valence-corrected chi connectivity index (χ1v) is 5.61. The van der Waals surface area contributed by atoms with Crippen molar-refractivity contribution in [2.75, 3.05) is 12.4 Å². The second kappa shape index (κ2) is 5.12. The fourth-order valence-electron chi connectivity index (χ4n) is 1.41. The zero-order valence-corrected chi connectivity index (χ0v) is 11.3. The number of ether oxygens (including phenoxy) is 1. The van der Waals surface area contributed by atoms with Crippen molar-refractivity contribution in [2.45, 2.75) is 26.4 Å². The van der Waals surface area contributed by atoms with Crippen LogP contribution in [-0.2, 0) is 11.8 Å². The van der Waals surface area contributed by atoms with E-state index >= 15 is 0 Å². The topological polar surface area (TPSA) is 72.4 Å². The molecule has 6 nitrogen and oxygen atoms in total. The fraction of sp³-hybridized carbons (Fsp3) is 0.500. The van der Waals surface area contributed by atoms with Gasteiger partial charge < -0.3 is 14.6 Å². The van der Waals surface area contributed by atoms with Crippen molar-refractivity contribution in [2.24, 2.45) is 7.05 Å².